The molecule has 0 aromatic heterocycles. The molecule has 0 aliphatic carbocycles. The molecule has 0 aliphatic heterocycles. The van der Waals surface area contributed by atoms with Crippen LogP contribution in [0.15, 0.2) is 18.2 Å². The van der Waals surface area contributed by atoms with Crippen LogP contribution in [-0.2, 0) is 4.74 Å². The summed E-state index contributed by atoms with van der Waals surface area (Å²) in [6.45, 7) is 0. The fourth-order valence-electron chi connectivity index (χ4n) is 0.831. The van der Waals surface area contributed by atoms with E-state index < -0.39 is 11.8 Å². The molecule has 1 aromatic rings. The molecule has 1 rings (SSSR count). The van der Waals surface area contributed by atoms with Crippen molar-refractivity contribution in [3.8, 4) is 0 Å². The van der Waals surface area contributed by atoms with Gasteiger partial charge in [-0.3, -0.25) is 0 Å². The van der Waals surface area contributed by atoms with E-state index >= 15 is 0 Å². The first-order chi connectivity index (χ1) is 6.16. The van der Waals surface area contributed by atoms with Gasteiger partial charge in [-0.2, -0.15) is 0 Å². The van der Waals surface area contributed by atoms with Crippen molar-refractivity contribution in [2.24, 2.45) is 0 Å². The smallest absolute Gasteiger partial charge is 0.341 e. The number of halogens is 2. The van der Waals surface area contributed by atoms with E-state index in [1.165, 1.54) is 6.07 Å². The fraction of sp³-hybridized carbons (Fsp3) is 0.125. The number of carbonyl (C=O) groups excluding carboxylic acids is 1. The van der Waals surface area contributed by atoms with Crippen LogP contribution in [0.1, 0.15) is 10.4 Å². The highest BCUT2D eigenvalue weighted by Crippen LogP contribution is 2.16. The van der Waals surface area contributed by atoms with Gasteiger partial charge in [0.2, 0.25) is 0 Å². The van der Waals surface area contributed by atoms with E-state index in [1.807, 2.05) is 22.6 Å². The molecule has 0 spiro atoms. The summed E-state index contributed by atoms with van der Waals surface area (Å²) in [4.78, 5) is 11.2. The Bertz CT molecular complexity index is 310. The Balaban J connectivity index is 3.05. The average molecular weight is 307 g/mol. The van der Waals surface area contributed by atoms with E-state index in [0.29, 0.717) is 3.57 Å². The maximum Gasteiger partial charge on any atom is 0.341 e. The molecule has 2 nitrogen and oxygen atoms in total. The zero-order valence-electron chi connectivity index (χ0n) is 6.51. The second-order valence-corrected chi connectivity index (χ2v) is 3.62. The van der Waals surface area contributed by atoms with Crippen molar-refractivity contribution in [3.05, 3.63) is 33.1 Å². The van der Waals surface area contributed by atoms with Crippen LogP contribution in [-0.4, -0.2) is 22.4 Å². The average Bonchev–Trinajstić information content (AvgIpc) is 2.04. The summed E-state index contributed by atoms with van der Waals surface area (Å²) in [5.74, 6) is -1.21. The van der Waals surface area contributed by atoms with Crippen molar-refractivity contribution in [3.63, 3.8) is 0 Å². The normalized spacial score (nSPS) is 9.77. The summed E-state index contributed by atoms with van der Waals surface area (Å²) in [6, 6.07) is 4.42. The SMILES string of the molecule is O=C(OC[Si])c1c(F)cccc1I. The van der Waals surface area contributed by atoms with Crippen LogP contribution in [0.5, 0.6) is 0 Å². The Hall–Kier alpha value is -0.433. The molecule has 67 valence electrons. The molecule has 0 N–H and O–H groups in total. The highest BCUT2D eigenvalue weighted by molar-refractivity contribution is 14.1. The van der Waals surface area contributed by atoms with Gasteiger partial charge in [0.1, 0.15) is 11.4 Å². The van der Waals surface area contributed by atoms with Gasteiger partial charge in [-0.1, -0.05) is 6.07 Å². The molecule has 1 aromatic carbocycles. The molecular weight excluding hydrogens is 302 g/mol. The van der Waals surface area contributed by atoms with Crippen LogP contribution in [0.3, 0.4) is 0 Å². The molecule has 0 atom stereocenters. The minimum Gasteiger partial charge on any atom is -0.467 e. The number of esters is 1. The van der Waals surface area contributed by atoms with Gasteiger partial charge in [0.15, 0.2) is 0 Å². The van der Waals surface area contributed by atoms with Crippen LogP contribution in [0.2, 0.25) is 0 Å². The number of rotatable bonds is 2. The van der Waals surface area contributed by atoms with Crippen LogP contribution in [0.4, 0.5) is 4.39 Å². The third kappa shape index (κ3) is 2.50. The van der Waals surface area contributed by atoms with Gasteiger partial charge < -0.3 is 4.74 Å². The molecule has 0 aliphatic rings. The molecule has 0 amide bonds. The first-order valence-corrected chi connectivity index (χ1v) is 5.21. The Kier molecular flexibility index (Phi) is 3.85. The molecule has 13 heavy (non-hydrogen) atoms. The lowest BCUT2D eigenvalue weighted by molar-refractivity contribution is 0.0567. The van der Waals surface area contributed by atoms with Crippen molar-refractivity contribution in [1.29, 1.82) is 0 Å². The van der Waals surface area contributed by atoms with Crippen LogP contribution >= 0.6 is 22.6 Å². The third-order valence-electron chi connectivity index (χ3n) is 1.37. The van der Waals surface area contributed by atoms with Gasteiger partial charge in [-0.15, -0.1) is 0 Å². The van der Waals surface area contributed by atoms with Gasteiger partial charge in [0.05, 0.1) is 16.5 Å². The van der Waals surface area contributed by atoms with E-state index in [-0.39, 0.29) is 11.8 Å². The Morgan fingerprint density at radius 1 is 1.62 bits per heavy atom. The summed E-state index contributed by atoms with van der Waals surface area (Å²) < 4.78 is 18.3. The minimum absolute atomic E-state index is 0.0126. The van der Waals surface area contributed by atoms with Crippen molar-refractivity contribution in [1.82, 2.24) is 0 Å². The maximum atomic E-state index is 13.1. The highest BCUT2D eigenvalue weighted by Gasteiger charge is 2.15. The molecule has 0 saturated carbocycles. The lowest BCUT2D eigenvalue weighted by atomic mass is 10.2. The summed E-state index contributed by atoms with van der Waals surface area (Å²) in [6.07, 6.45) is 0.0588. The van der Waals surface area contributed by atoms with Gasteiger partial charge >= 0.3 is 5.97 Å². The van der Waals surface area contributed by atoms with Crippen molar-refractivity contribution >= 4 is 38.8 Å². The summed E-state index contributed by atoms with van der Waals surface area (Å²) in [5, 5.41) is 0. The minimum atomic E-state index is -0.655. The summed E-state index contributed by atoms with van der Waals surface area (Å²) in [7, 11) is 2.97. The maximum absolute atomic E-state index is 13.1. The van der Waals surface area contributed by atoms with Gasteiger partial charge in [0.25, 0.3) is 0 Å². The van der Waals surface area contributed by atoms with Crippen molar-refractivity contribution in [2.45, 2.75) is 0 Å². The zero-order chi connectivity index (χ0) is 9.84. The van der Waals surface area contributed by atoms with Crippen LogP contribution in [0, 0.1) is 9.39 Å². The quantitative estimate of drug-likeness (QED) is 0.472. The third-order valence-corrected chi connectivity index (χ3v) is 2.41. The fourth-order valence-corrected chi connectivity index (χ4v) is 1.65. The van der Waals surface area contributed by atoms with Gasteiger partial charge in [-0.05, 0) is 34.7 Å². The van der Waals surface area contributed by atoms with Gasteiger partial charge in [0, 0.05) is 3.57 Å². The first-order valence-electron chi connectivity index (χ1n) is 3.42. The van der Waals surface area contributed by atoms with E-state index in [1.54, 1.807) is 12.1 Å². The highest BCUT2D eigenvalue weighted by atomic mass is 127. The lowest BCUT2D eigenvalue weighted by Gasteiger charge is -2.04. The van der Waals surface area contributed by atoms with Crippen LogP contribution in [0.25, 0.3) is 0 Å². The number of hydrogen-bond donors (Lipinski definition) is 0. The number of ether oxygens (including phenoxy) is 1. The number of benzene rings is 1. The molecule has 0 bridgehead atoms. The lowest BCUT2D eigenvalue weighted by Crippen LogP contribution is -2.10. The molecule has 0 unspecified atom stereocenters. The molecule has 5 heteroatoms. The topological polar surface area (TPSA) is 26.3 Å². The monoisotopic (exact) mass is 307 g/mol. The largest absolute Gasteiger partial charge is 0.467 e. The van der Waals surface area contributed by atoms with Crippen molar-refractivity contribution in [2.75, 3.05) is 6.23 Å². The molecule has 0 heterocycles. The van der Waals surface area contributed by atoms with E-state index in [0.717, 1.165) is 0 Å². The Morgan fingerprint density at radius 2 is 2.31 bits per heavy atom. The standard InChI is InChI=1S/C8H5FIO2Si/c9-5-2-1-3-6(10)7(5)8(11)12-4-13/h1-3H,4H2. The molecule has 3 radical (unpaired) electrons. The van der Waals surface area contributed by atoms with Gasteiger partial charge in [-0.25, -0.2) is 9.18 Å². The Labute approximate surface area is 92.0 Å². The summed E-state index contributed by atoms with van der Waals surface area (Å²) >= 11 is 1.88. The zero-order valence-corrected chi connectivity index (χ0v) is 9.67. The number of hydrogen-bond acceptors (Lipinski definition) is 2. The Morgan fingerprint density at radius 3 is 2.85 bits per heavy atom. The first kappa shape index (κ1) is 10.6. The van der Waals surface area contributed by atoms with E-state index in [9.17, 15) is 9.18 Å². The molecular formula is C8H5FIO2Si. The second kappa shape index (κ2) is 4.71. The predicted molar refractivity (Wildman–Crippen MR) is 55.2 cm³/mol. The van der Waals surface area contributed by atoms with Crippen molar-refractivity contribution < 1.29 is 13.9 Å². The number of carbonyl (C=O) groups is 1. The predicted octanol–water partition coefficient (Wildman–Crippen LogP) is 1.71. The molecule has 0 fully saturated rings. The van der Waals surface area contributed by atoms with E-state index in [4.69, 9.17) is 0 Å². The summed E-state index contributed by atoms with van der Waals surface area (Å²) in [5.41, 5.74) is -0.0126. The molecule has 0 saturated heterocycles. The van der Waals surface area contributed by atoms with E-state index in [2.05, 4.69) is 15.0 Å². The second-order valence-electron chi connectivity index (χ2n) is 2.17. The van der Waals surface area contributed by atoms with Crippen LogP contribution < -0.4 is 0 Å².